The van der Waals surface area contributed by atoms with Crippen LogP contribution in [0.4, 0.5) is 0 Å². The highest BCUT2D eigenvalue weighted by atomic mass is 32.2. The van der Waals surface area contributed by atoms with Gasteiger partial charge in [0.05, 0.1) is 18.6 Å². The zero-order valence-electron chi connectivity index (χ0n) is 11.5. The van der Waals surface area contributed by atoms with Crippen LogP contribution < -0.4 is 0 Å². The predicted octanol–water partition coefficient (Wildman–Crippen LogP) is 2.04. The molecular weight excluding hydrogens is 290 g/mol. The molecule has 1 aromatic carbocycles. The van der Waals surface area contributed by atoms with Crippen molar-refractivity contribution < 1.29 is 12.6 Å². The Morgan fingerprint density at radius 2 is 2.10 bits per heavy atom. The van der Waals surface area contributed by atoms with Gasteiger partial charge >= 0.3 is 0 Å². The van der Waals surface area contributed by atoms with Crippen LogP contribution in [0.3, 0.4) is 0 Å². The smallest absolute Gasteiger partial charge is 0.264 e. The molecule has 1 aromatic heterocycles. The van der Waals surface area contributed by atoms with Gasteiger partial charge in [0.15, 0.2) is 0 Å². The first-order chi connectivity index (χ1) is 9.90. The van der Waals surface area contributed by atoms with Crippen molar-refractivity contribution in [2.75, 3.05) is 6.26 Å². The fraction of sp³-hybridized carbons (Fsp3) is 0.143. The van der Waals surface area contributed by atoms with Gasteiger partial charge in [0.25, 0.3) is 10.1 Å². The van der Waals surface area contributed by atoms with E-state index in [0.717, 1.165) is 11.8 Å². The molecule has 0 spiro atoms. The second kappa shape index (κ2) is 6.02. The summed E-state index contributed by atoms with van der Waals surface area (Å²) in [6.45, 7) is 3.39. The van der Waals surface area contributed by atoms with Crippen LogP contribution in [0.5, 0.6) is 0 Å². The number of hydrogen-bond acceptors (Lipinski definition) is 5. The Morgan fingerprint density at radius 3 is 2.67 bits per heavy atom. The first-order valence-corrected chi connectivity index (χ1v) is 7.92. The Kier molecular flexibility index (Phi) is 4.35. The van der Waals surface area contributed by atoms with Crippen molar-refractivity contribution >= 4 is 16.0 Å². The largest absolute Gasteiger partial charge is 0.283 e. The van der Waals surface area contributed by atoms with E-state index >= 15 is 0 Å². The van der Waals surface area contributed by atoms with Crippen molar-refractivity contribution in [1.29, 1.82) is 5.41 Å². The SMILES string of the molecule is C=CC(=N)n1cc(COS(C)(=O)=O)c(-c2ccccc2)n1. The maximum atomic E-state index is 11.1. The fourth-order valence-electron chi connectivity index (χ4n) is 1.74. The molecule has 0 bridgehead atoms. The molecule has 2 rings (SSSR count). The summed E-state index contributed by atoms with van der Waals surface area (Å²) in [4.78, 5) is 0. The number of nitrogens with zero attached hydrogens (tertiary/aromatic N) is 2. The van der Waals surface area contributed by atoms with E-state index in [1.807, 2.05) is 30.3 Å². The molecule has 0 aliphatic rings. The first kappa shape index (κ1) is 15.1. The highest BCUT2D eigenvalue weighted by molar-refractivity contribution is 7.85. The summed E-state index contributed by atoms with van der Waals surface area (Å²) in [5, 5.41) is 12.0. The molecule has 0 radical (unpaired) electrons. The standard InChI is InChI=1S/C14H15N3O3S/c1-3-13(15)17-9-12(10-20-21(2,18)19)14(16-17)11-7-5-4-6-8-11/h3-9,15H,1,10H2,2H3. The number of allylic oxidation sites excluding steroid dienone is 1. The Bertz CT molecular complexity index is 764. The molecule has 0 saturated carbocycles. The predicted molar refractivity (Wildman–Crippen MR) is 80.6 cm³/mol. The van der Waals surface area contributed by atoms with Crippen LogP contribution in [0.25, 0.3) is 11.3 Å². The van der Waals surface area contributed by atoms with Gasteiger partial charge in [-0.05, 0) is 6.08 Å². The summed E-state index contributed by atoms with van der Waals surface area (Å²) in [7, 11) is -3.55. The van der Waals surface area contributed by atoms with Crippen LogP contribution in [0.15, 0.2) is 49.2 Å². The molecule has 1 heterocycles. The number of rotatable bonds is 5. The topological polar surface area (TPSA) is 85.0 Å². The van der Waals surface area contributed by atoms with Gasteiger partial charge in [0, 0.05) is 17.3 Å². The van der Waals surface area contributed by atoms with Crippen LogP contribution in [0.1, 0.15) is 5.56 Å². The van der Waals surface area contributed by atoms with Gasteiger partial charge < -0.3 is 0 Å². The van der Waals surface area contributed by atoms with Gasteiger partial charge in [-0.25, -0.2) is 4.68 Å². The molecule has 7 heteroatoms. The van der Waals surface area contributed by atoms with E-state index < -0.39 is 10.1 Å². The van der Waals surface area contributed by atoms with Crippen molar-refractivity contribution in [1.82, 2.24) is 9.78 Å². The number of nitrogens with one attached hydrogen (secondary N) is 1. The fourth-order valence-corrected chi connectivity index (χ4v) is 2.08. The Morgan fingerprint density at radius 1 is 1.43 bits per heavy atom. The third-order valence-electron chi connectivity index (χ3n) is 2.71. The number of benzene rings is 1. The van der Waals surface area contributed by atoms with E-state index in [1.54, 1.807) is 6.20 Å². The van der Waals surface area contributed by atoms with Crippen LogP contribution >= 0.6 is 0 Å². The minimum absolute atomic E-state index is 0.0952. The van der Waals surface area contributed by atoms with Crippen molar-refractivity contribution in [3.63, 3.8) is 0 Å². The summed E-state index contributed by atoms with van der Waals surface area (Å²) in [5.41, 5.74) is 1.98. The van der Waals surface area contributed by atoms with Crippen LogP contribution in [0.2, 0.25) is 0 Å². The van der Waals surface area contributed by atoms with Crippen LogP contribution in [-0.4, -0.2) is 30.3 Å². The molecule has 0 fully saturated rings. The molecule has 0 saturated heterocycles. The molecule has 0 aliphatic carbocycles. The average Bonchev–Trinajstić information content (AvgIpc) is 2.89. The van der Waals surface area contributed by atoms with Gasteiger partial charge in [0.1, 0.15) is 5.84 Å². The minimum Gasteiger partial charge on any atom is -0.283 e. The third-order valence-corrected chi connectivity index (χ3v) is 3.25. The molecule has 110 valence electrons. The molecular formula is C14H15N3O3S. The van der Waals surface area contributed by atoms with Crippen LogP contribution in [-0.2, 0) is 20.9 Å². The second-order valence-electron chi connectivity index (χ2n) is 4.37. The lowest BCUT2D eigenvalue weighted by Gasteiger charge is -2.02. The summed E-state index contributed by atoms with van der Waals surface area (Å²) in [5.74, 6) is 0.0952. The lowest BCUT2D eigenvalue weighted by Crippen LogP contribution is -2.07. The monoisotopic (exact) mass is 305 g/mol. The van der Waals surface area contributed by atoms with E-state index in [2.05, 4.69) is 11.7 Å². The molecule has 0 unspecified atom stereocenters. The lowest BCUT2D eigenvalue weighted by molar-refractivity contribution is 0.312. The summed E-state index contributed by atoms with van der Waals surface area (Å²) in [6, 6.07) is 9.30. The highest BCUT2D eigenvalue weighted by Gasteiger charge is 2.14. The summed E-state index contributed by atoms with van der Waals surface area (Å²) >= 11 is 0. The third kappa shape index (κ3) is 3.87. The van der Waals surface area contributed by atoms with E-state index in [9.17, 15) is 8.42 Å². The molecule has 0 atom stereocenters. The molecule has 0 aliphatic heterocycles. The maximum absolute atomic E-state index is 11.1. The van der Waals surface area contributed by atoms with E-state index in [1.165, 1.54) is 10.8 Å². The van der Waals surface area contributed by atoms with Crippen molar-refractivity contribution in [3.8, 4) is 11.3 Å². The Balaban J connectivity index is 2.43. The number of hydrogen-bond donors (Lipinski definition) is 1. The average molecular weight is 305 g/mol. The van der Waals surface area contributed by atoms with Crippen molar-refractivity contribution in [2.24, 2.45) is 0 Å². The molecule has 0 amide bonds. The van der Waals surface area contributed by atoms with Crippen molar-refractivity contribution in [3.05, 3.63) is 54.7 Å². The first-order valence-electron chi connectivity index (χ1n) is 6.10. The molecule has 21 heavy (non-hydrogen) atoms. The second-order valence-corrected chi connectivity index (χ2v) is 6.01. The van der Waals surface area contributed by atoms with Crippen molar-refractivity contribution in [2.45, 2.75) is 6.61 Å². The maximum Gasteiger partial charge on any atom is 0.264 e. The zero-order chi connectivity index (χ0) is 15.5. The minimum atomic E-state index is -3.55. The number of aromatic nitrogens is 2. The summed E-state index contributed by atoms with van der Waals surface area (Å²) in [6.07, 6.45) is 3.91. The quantitative estimate of drug-likeness (QED) is 0.520. The molecule has 6 nitrogen and oxygen atoms in total. The van der Waals surface area contributed by atoms with E-state index in [-0.39, 0.29) is 12.4 Å². The zero-order valence-corrected chi connectivity index (χ0v) is 12.3. The normalized spacial score (nSPS) is 11.3. The van der Waals surface area contributed by atoms with E-state index in [4.69, 9.17) is 9.59 Å². The van der Waals surface area contributed by atoms with Gasteiger partial charge in [-0.1, -0.05) is 36.9 Å². The van der Waals surface area contributed by atoms with Crippen LogP contribution in [0, 0.1) is 5.41 Å². The lowest BCUT2D eigenvalue weighted by atomic mass is 10.1. The summed E-state index contributed by atoms with van der Waals surface area (Å²) < 4.78 is 28.4. The Labute approximate surface area is 123 Å². The molecule has 1 N–H and O–H groups in total. The molecule has 2 aromatic rings. The van der Waals surface area contributed by atoms with Gasteiger partial charge in [-0.2, -0.15) is 13.5 Å². The highest BCUT2D eigenvalue weighted by Crippen LogP contribution is 2.23. The van der Waals surface area contributed by atoms with Gasteiger partial charge in [-0.3, -0.25) is 9.59 Å². The van der Waals surface area contributed by atoms with Gasteiger partial charge in [0.2, 0.25) is 0 Å². The Hall–Kier alpha value is -2.25. The van der Waals surface area contributed by atoms with E-state index in [0.29, 0.717) is 11.3 Å². The van der Waals surface area contributed by atoms with Gasteiger partial charge in [-0.15, -0.1) is 0 Å².